The second kappa shape index (κ2) is 5.62. The van der Waals surface area contributed by atoms with E-state index in [1.54, 1.807) is 17.2 Å². The monoisotopic (exact) mass is 237 g/mol. The predicted octanol–water partition coefficient (Wildman–Crippen LogP) is 3.83. The third-order valence-electron chi connectivity index (χ3n) is 2.44. The number of hydrogen-bond acceptors (Lipinski definition) is 1. The topological polar surface area (TPSA) is 3.24 Å². The molecule has 0 bridgehead atoms. The van der Waals surface area contributed by atoms with Gasteiger partial charge in [-0.3, -0.25) is 0 Å². The van der Waals surface area contributed by atoms with Gasteiger partial charge in [-0.15, -0.1) is 0 Å². The quantitative estimate of drug-likeness (QED) is 0.719. The third kappa shape index (κ3) is 3.16. The molecule has 1 rings (SSSR count). The van der Waals surface area contributed by atoms with Crippen molar-refractivity contribution in [3.05, 3.63) is 53.7 Å². The van der Waals surface area contributed by atoms with Crippen LogP contribution in [0.1, 0.15) is 18.9 Å². The van der Waals surface area contributed by atoms with E-state index in [0.29, 0.717) is 12.0 Å². The molecule has 3 heteroatoms. The minimum atomic E-state index is -0.837. The molecule has 1 aromatic carbocycles. The van der Waals surface area contributed by atoms with Crippen LogP contribution < -0.4 is 0 Å². The molecule has 0 N–H and O–H groups in total. The van der Waals surface area contributed by atoms with Crippen molar-refractivity contribution < 1.29 is 8.78 Å². The summed E-state index contributed by atoms with van der Waals surface area (Å²) in [5.41, 5.74) is 1.67. The molecule has 0 unspecified atom stereocenters. The lowest BCUT2D eigenvalue weighted by molar-refractivity contribution is 0.505. The number of halogens is 2. The molecule has 0 amide bonds. The Bertz CT molecular complexity index is 448. The molecule has 0 aliphatic carbocycles. The van der Waals surface area contributed by atoms with E-state index in [1.807, 2.05) is 21.0 Å². The Kier molecular flexibility index (Phi) is 4.44. The highest BCUT2D eigenvalue weighted by atomic mass is 19.2. The molecule has 0 aliphatic rings. The van der Waals surface area contributed by atoms with E-state index < -0.39 is 11.6 Å². The van der Waals surface area contributed by atoms with Crippen molar-refractivity contribution in [1.82, 2.24) is 4.90 Å². The fraction of sp³-hybridized carbons (Fsp3) is 0.286. The summed E-state index contributed by atoms with van der Waals surface area (Å²) in [7, 11) is 3.67. The Balaban J connectivity index is 3.33. The van der Waals surface area contributed by atoms with Gasteiger partial charge in [0.25, 0.3) is 0 Å². The van der Waals surface area contributed by atoms with Gasteiger partial charge in [0.05, 0.1) is 0 Å². The number of allylic oxidation sites excluding steroid dienone is 2. The van der Waals surface area contributed by atoms with Crippen LogP contribution in [-0.2, 0) is 0 Å². The summed E-state index contributed by atoms with van der Waals surface area (Å²) in [5.74, 6) is -1.66. The van der Waals surface area contributed by atoms with Gasteiger partial charge in [-0.1, -0.05) is 25.6 Å². The zero-order valence-electron chi connectivity index (χ0n) is 10.4. The Labute approximate surface area is 101 Å². The maximum absolute atomic E-state index is 13.7. The van der Waals surface area contributed by atoms with Crippen molar-refractivity contribution in [1.29, 1.82) is 0 Å². The van der Waals surface area contributed by atoms with Gasteiger partial charge in [0.2, 0.25) is 0 Å². The van der Waals surface area contributed by atoms with Crippen molar-refractivity contribution in [2.24, 2.45) is 0 Å². The molecule has 0 heterocycles. The first kappa shape index (κ1) is 13.4. The molecule has 0 atom stereocenters. The lowest BCUT2D eigenvalue weighted by Crippen LogP contribution is -2.05. The Morgan fingerprint density at radius 2 is 2.00 bits per heavy atom. The van der Waals surface area contributed by atoms with E-state index in [0.717, 1.165) is 11.6 Å². The highest BCUT2D eigenvalue weighted by molar-refractivity contribution is 5.78. The summed E-state index contributed by atoms with van der Waals surface area (Å²) in [4.78, 5) is 1.79. The van der Waals surface area contributed by atoms with Crippen molar-refractivity contribution in [2.45, 2.75) is 13.3 Å². The summed E-state index contributed by atoms with van der Waals surface area (Å²) in [6, 6.07) is 4.18. The van der Waals surface area contributed by atoms with E-state index in [-0.39, 0.29) is 5.56 Å². The fourth-order valence-electron chi connectivity index (χ4n) is 1.51. The summed E-state index contributed by atoms with van der Waals surface area (Å²) in [6.07, 6.45) is 2.44. The molecule has 0 aliphatic heterocycles. The highest BCUT2D eigenvalue weighted by Crippen LogP contribution is 2.27. The lowest BCUT2D eigenvalue weighted by atomic mass is 9.97. The van der Waals surface area contributed by atoms with Gasteiger partial charge in [0.15, 0.2) is 11.6 Å². The van der Waals surface area contributed by atoms with Gasteiger partial charge in [-0.2, -0.15) is 0 Å². The minimum Gasteiger partial charge on any atom is -0.383 e. The van der Waals surface area contributed by atoms with Gasteiger partial charge >= 0.3 is 0 Å². The van der Waals surface area contributed by atoms with Crippen LogP contribution in [0.4, 0.5) is 8.78 Å². The second-order valence-electron chi connectivity index (χ2n) is 4.06. The molecule has 0 saturated heterocycles. The van der Waals surface area contributed by atoms with E-state index in [1.165, 1.54) is 6.07 Å². The standard InChI is InChI=1S/C14H17F2N/c1-5-10(2)12(9-17(3)4)11-7-6-8-13(15)14(11)16/h6-9H,2,5H2,1,3-4H3/b12-9-. The van der Waals surface area contributed by atoms with Crippen LogP contribution in [0.25, 0.3) is 5.57 Å². The van der Waals surface area contributed by atoms with Gasteiger partial charge in [-0.05, 0) is 18.1 Å². The first-order chi connectivity index (χ1) is 7.97. The predicted molar refractivity (Wildman–Crippen MR) is 67.5 cm³/mol. The highest BCUT2D eigenvalue weighted by Gasteiger charge is 2.13. The zero-order valence-corrected chi connectivity index (χ0v) is 10.4. The molecule has 0 saturated carbocycles. The van der Waals surface area contributed by atoms with Crippen molar-refractivity contribution in [3.8, 4) is 0 Å². The molecule has 0 fully saturated rings. The van der Waals surface area contributed by atoms with Crippen LogP contribution in [0.2, 0.25) is 0 Å². The molecular formula is C14H17F2N. The van der Waals surface area contributed by atoms with Crippen LogP contribution in [-0.4, -0.2) is 19.0 Å². The van der Waals surface area contributed by atoms with E-state index >= 15 is 0 Å². The molecule has 0 aromatic heterocycles. The van der Waals surface area contributed by atoms with Crippen LogP contribution >= 0.6 is 0 Å². The van der Waals surface area contributed by atoms with Gasteiger partial charge in [0, 0.05) is 31.4 Å². The minimum absolute atomic E-state index is 0.255. The lowest BCUT2D eigenvalue weighted by Gasteiger charge is -2.14. The molecular weight excluding hydrogens is 220 g/mol. The van der Waals surface area contributed by atoms with Crippen molar-refractivity contribution in [2.75, 3.05) is 14.1 Å². The number of hydrogen-bond donors (Lipinski definition) is 0. The Morgan fingerprint density at radius 3 is 2.53 bits per heavy atom. The van der Waals surface area contributed by atoms with E-state index in [2.05, 4.69) is 6.58 Å². The largest absolute Gasteiger partial charge is 0.383 e. The molecule has 92 valence electrons. The number of benzene rings is 1. The van der Waals surface area contributed by atoms with Crippen LogP contribution in [0, 0.1) is 11.6 Å². The average Bonchev–Trinajstić information content (AvgIpc) is 2.29. The summed E-state index contributed by atoms with van der Waals surface area (Å²) >= 11 is 0. The van der Waals surface area contributed by atoms with Crippen LogP contribution in [0.3, 0.4) is 0 Å². The fourth-order valence-corrected chi connectivity index (χ4v) is 1.51. The normalized spacial score (nSPS) is 11.5. The summed E-state index contributed by atoms with van der Waals surface area (Å²) < 4.78 is 26.9. The third-order valence-corrected chi connectivity index (χ3v) is 2.44. The van der Waals surface area contributed by atoms with Crippen molar-refractivity contribution >= 4 is 5.57 Å². The van der Waals surface area contributed by atoms with E-state index in [4.69, 9.17) is 0 Å². The van der Waals surface area contributed by atoms with Crippen LogP contribution in [0.5, 0.6) is 0 Å². The maximum Gasteiger partial charge on any atom is 0.166 e. The molecule has 17 heavy (non-hydrogen) atoms. The second-order valence-corrected chi connectivity index (χ2v) is 4.06. The van der Waals surface area contributed by atoms with Gasteiger partial charge < -0.3 is 4.90 Å². The smallest absolute Gasteiger partial charge is 0.166 e. The van der Waals surface area contributed by atoms with Crippen molar-refractivity contribution in [3.63, 3.8) is 0 Å². The first-order valence-electron chi connectivity index (χ1n) is 5.48. The van der Waals surface area contributed by atoms with Crippen LogP contribution in [0.15, 0.2) is 36.6 Å². The average molecular weight is 237 g/mol. The van der Waals surface area contributed by atoms with E-state index in [9.17, 15) is 8.78 Å². The molecule has 0 spiro atoms. The Hall–Kier alpha value is -1.64. The molecule has 0 radical (unpaired) electrons. The number of nitrogens with zero attached hydrogens (tertiary/aromatic N) is 1. The number of rotatable bonds is 4. The summed E-state index contributed by atoms with van der Waals surface area (Å²) in [6.45, 7) is 5.82. The zero-order chi connectivity index (χ0) is 13.0. The molecule has 1 aromatic rings. The van der Waals surface area contributed by atoms with Gasteiger partial charge in [-0.25, -0.2) is 8.78 Å². The maximum atomic E-state index is 13.7. The Morgan fingerprint density at radius 1 is 1.35 bits per heavy atom. The SMILES string of the molecule is C=C(CC)/C(=C/N(C)C)c1cccc(F)c1F. The molecule has 1 nitrogen and oxygen atoms in total. The first-order valence-corrected chi connectivity index (χ1v) is 5.48. The summed E-state index contributed by atoms with van der Waals surface area (Å²) in [5, 5.41) is 0. The van der Waals surface area contributed by atoms with Gasteiger partial charge in [0.1, 0.15) is 0 Å².